The minimum atomic E-state index is 0.967. The van der Waals surface area contributed by atoms with Gasteiger partial charge >= 0.3 is 0 Å². The van der Waals surface area contributed by atoms with Crippen molar-refractivity contribution in [2.45, 2.75) is 66.2 Å². The van der Waals surface area contributed by atoms with E-state index in [0.29, 0.717) is 0 Å². The van der Waals surface area contributed by atoms with Gasteiger partial charge in [0.2, 0.25) is 0 Å². The fraction of sp³-hybridized carbons (Fsp3) is 0.600. The first-order chi connectivity index (χ1) is 11.6. The number of nitrogens with zero attached hydrogens (tertiary/aromatic N) is 3. The Bertz CT molecular complexity index is 619. The van der Waals surface area contributed by atoms with Crippen LogP contribution in [0, 0.1) is 0 Å². The number of aliphatic imine (C=N–C) groups is 1. The standard InChI is InChI=1S/C20H31N3S/c1-6-11-18(15(3)4)19(20-22-17(7-2)14-24-20)21-16(5)23-12-9-8-10-13-23/h14H,3,6-13H2,1-2,4-5H3/b19-18-,21-16+. The van der Waals surface area contributed by atoms with Crippen molar-refractivity contribution in [3.8, 4) is 0 Å². The fourth-order valence-electron chi connectivity index (χ4n) is 3.06. The first-order valence-corrected chi connectivity index (χ1v) is 10.1. The van der Waals surface area contributed by atoms with Crippen LogP contribution < -0.4 is 0 Å². The molecule has 0 unspecified atom stereocenters. The number of aromatic nitrogens is 1. The van der Waals surface area contributed by atoms with E-state index in [9.17, 15) is 0 Å². The van der Waals surface area contributed by atoms with Crippen molar-refractivity contribution in [2.24, 2.45) is 4.99 Å². The second kappa shape index (κ2) is 9.16. The van der Waals surface area contributed by atoms with Crippen LogP contribution in [0.15, 0.2) is 28.1 Å². The molecule has 0 atom stereocenters. The quantitative estimate of drug-likeness (QED) is 0.376. The van der Waals surface area contributed by atoms with E-state index in [4.69, 9.17) is 9.98 Å². The minimum absolute atomic E-state index is 0.967. The van der Waals surface area contributed by atoms with E-state index in [1.807, 2.05) is 0 Å². The average molecular weight is 346 g/mol. The lowest BCUT2D eigenvalue weighted by Crippen LogP contribution is -2.34. The maximum atomic E-state index is 5.07. The molecule has 2 heterocycles. The summed E-state index contributed by atoms with van der Waals surface area (Å²) in [7, 11) is 0. The first kappa shape index (κ1) is 18.9. The summed E-state index contributed by atoms with van der Waals surface area (Å²) in [6, 6.07) is 0. The molecule has 1 aromatic heterocycles. The van der Waals surface area contributed by atoms with Crippen LogP contribution in [0.5, 0.6) is 0 Å². The largest absolute Gasteiger partial charge is 0.360 e. The van der Waals surface area contributed by atoms with E-state index in [2.05, 4.69) is 44.6 Å². The second-order valence-corrected chi connectivity index (χ2v) is 7.42. The van der Waals surface area contributed by atoms with Gasteiger partial charge in [-0.3, -0.25) is 0 Å². The van der Waals surface area contributed by atoms with Crippen LogP contribution in [-0.2, 0) is 6.42 Å². The van der Waals surface area contributed by atoms with Crippen molar-refractivity contribution in [1.82, 2.24) is 9.88 Å². The number of hydrogen-bond donors (Lipinski definition) is 0. The Morgan fingerprint density at radius 3 is 2.50 bits per heavy atom. The summed E-state index contributed by atoms with van der Waals surface area (Å²) in [6.45, 7) is 15.0. The van der Waals surface area contributed by atoms with Gasteiger partial charge in [0.15, 0.2) is 0 Å². The van der Waals surface area contributed by atoms with E-state index < -0.39 is 0 Å². The van der Waals surface area contributed by atoms with Crippen molar-refractivity contribution < 1.29 is 0 Å². The highest BCUT2D eigenvalue weighted by Crippen LogP contribution is 2.30. The molecule has 1 fully saturated rings. The molecule has 1 aliphatic rings. The van der Waals surface area contributed by atoms with Gasteiger partial charge in [-0.25, -0.2) is 9.98 Å². The predicted molar refractivity (Wildman–Crippen MR) is 107 cm³/mol. The lowest BCUT2D eigenvalue weighted by molar-refractivity contribution is 0.340. The summed E-state index contributed by atoms with van der Waals surface area (Å²) in [5, 5.41) is 3.19. The molecule has 0 radical (unpaired) electrons. The van der Waals surface area contributed by atoms with Gasteiger partial charge in [-0.1, -0.05) is 32.4 Å². The number of thiazole rings is 1. The van der Waals surface area contributed by atoms with Crippen molar-refractivity contribution in [3.63, 3.8) is 0 Å². The molecule has 4 heteroatoms. The Morgan fingerprint density at radius 2 is 1.96 bits per heavy atom. The third-order valence-electron chi connectivity index (χ3n) is 4.50. The number of likely N-dealkylation sites (tertiary alicyclic amines) is 1. The molecule has 1 saturated heterocycles. The van der Waals surface area contributed by atoms with Crippen LogP contribution >= 0.6 is 11.3 Å². The minimum Gasteiger partial charge on any atom is -0.360 e. The molecule has 0 saturated carbocycles. The van der Waals surface area contributed by atoms with Crippen LogP contribution in [0.2, 0.25) is 0 Å². The molecule has 0 bridgehead atoms. The summed E-state index contributed by atoms with van der Waals surface area (Å²) in [4.78, 5) is 12.3. The third kappa shape index (κ3) is 4.79. The molecule has 0 aliphatic carbocycles. The number of rotatable bonds is 6. The molecule has 1 aliphatic heterocycles. The van der Waals surface area contributed by atoms with E-state index >= 15 is 0 Å². The highest BCUT2D eigenvalue weighted by molar-refractivity contribution is 7.10. The molecular weight excluding hydrogens is 314 g/mol. The zero-order valence-electron chi connectivity index (χ0n) is 15.7. The molecule has 132 valence electrons. The van der Waals surface area contributed by atoms with Crippen LogP contribution in [0.4, 0.5) is 0 Å². The molecule has 0 amide bonds. The molecule has 1 aromatic rings. The summed E-state index contributed by atoms with van der Waals surface area (Å²) in [5.74, 6) is 1.12. The van der Waals surface area contributed by atoms with E-state index in [0.717, 1.165) is 60.2 Å². The molecule has 24 heavy (non-hydrogen) atoms. The lowest BCUT2D eigenvalue weighted by Gasteiger charge is -2.28. The average Bonchev–Trinajstić information content (AvgIpc) is 3.07. The Kier molecular flexibility index (Phi) is 7.22. The van der Waals surface area contributed by atoms with Crippen LogP contribution in [-0.4, -0.2) is 28.8 Å². The number of amidine groups is 1. The maximum Gasteiger partial charge on any atom is 0.142 e. The molecule has 0 N–H and O–H groups in total. The highest BCUT2D eigenvalue weighted by Gasteiger charge is 2.17. The SMILES string of the molecule is C=C(C)/C(CCC)=C(\N=C(/C)N1CCCCC1)c1nc(CC)cs1. The Balaban J connectivity index is 2.45. The zero-order valence-corrected chi connectivity index (χ0v) is 16.5. The van der Waals surface area contributed by atoms with Gasteiger partial charge in [0.25, 0.3) is 0 Å². The van der Waals surface area contributed by atoms with E-state index in [-0.39, 0.29) is 0 Å². The zero-order chi connectivity index (χ0) is 17.5. The van der Waals surface area contributed by atoms with Gasteiger partial charge < -0.3 is 4.90 Å². The van der Waals surface area contributed by atoms with Crippen LogP contribution in [0.3, 0.4) is 0 Å². The monoisotopic (exact) mass is 345 g/mol. The Labute approximate surface area is 151 Å². The lowest BCUT2D eigenvalue weighted by atomic mass is 10.0. The number of hydrogen-bond acceptors (Lipinski definition) is 3. The predicted octanol–water partition coefficient (Wildman–Crippen LogP) is 5.70. The summed E-state index contributed by atoms with van der Waals surface area (Å²) < 4.78 is 0. The number of allylic oxidation sites excluding steroid dienone is 2. The summed E-state index contributed by atoms with van der Waals surface area (Å²) in [6.07, 6.45) is 6.94. The normalized spacial score (nSPS) is 17.0. The molecule has 0 aromatic carbocycles. The summed E-state index contributed by atoms with van der Waals surface area (Å²) >= 11 is 1.71. The van der Waals surface area contributed by atoms with E-state index in [1.54, 1.807) is 11.3 Å². The molecule has 3 nitrogen and oxygen atoms in total. The van der Waals surface area contributed by atoms with Crippen LogP contribution in [0.1, 0.15) is 70.5 Å². The van der Waals surface area contributed by atoms with Gasteiger partial charge in [-0.15, -0.1) is 11.3 Å². The Morgan fingerprint density at radius 1 is 1.25 bits per heavy atom. The van der Waals surface area contributed by atoms with Crippen molar-refractivity contribution in [2.75, 3.05) is 13.1 Å². The number of piperidine rings is 1. The molecule has 0 spiro atoms. The van der Waals surface area contributed by atoms with Crippen molar-refractivity contribution in [3.05, 3.63) is 33.8 Å². The smallest absolute Gasteiger partial charge is 0.142 e. The molecular formula is C20H31N3S. The van der Waals surface area contributed by atoms with Gasteiger partial charge in [-0.05, 0) is 51.5 Å². The van der Waals surface area contributed by atoms with Gasteiger partial charge in [0.1, 0.15) is 16.5 Å². The van der Waals surface area contributed by atoms with Gasteiger partial charge in [0, 0.05) is 18.5 Å². The van der Waals surface area contributed by atoms with E-state index in [1.165, 1.54) is 24.8 Å². The van der Waals surface area contributed by atoms with Gasteiger partial charge in [0.05, 0.1) is 5.69 Å². The first-order valence-electron chi connectivity index (χ1n) is 9.20. The maximum absolute atomic E-state index is 5.07. The van der Waals surface area contributed by atoms with Gasteiger partial charge in [-0.2, -0.15) is 0 Å². The number of aryl methyl sites for hydroxylation is 1. The molecule has 2 rings (SSSR count). The van der Waals surface area contributed by atoms with Crippen molar-refractivity contribution in [1.29, 1.82) is 0 Å². The topological polar surface area (TPSA) is 28.5 Å². The fourth-order valence-corrected chi connectivity index (χ4v) is 3.97. The third-order valence-corrected chi connectivity index (χ3v) is 5.40. The summed E-state index contributed by atoms with van der Waals surface area (Å²) in [5.41, 5.74) is 4.55. The highest BCUT2D eigenvalue weighted by atomic mass is 32.1. The van der Waals surface area contributed by atoms with Crippen LogP contribution in [0.25, 0.3) is 5.70 Å². The second-order valence-electron chi connectivity index (χ2n) is 6.56. The Hall–Kier alpha value is -1.42. The van der Waals surface area contributed by atoms with Crippen molar-refractivity contribution >= 4 is 22.9 Å².